The summed E-state index contributed by atoms with van der Waals surface area (Å²) in [7, 11) is 0. The first-order valence-electron chi connectivity index (χ1n) is 12.0. The molecule has 0 saturated heterocycles. The van der Waals surface area contributed by atoms with E-state index in [0.717, 1.165) is 55.2 Å². The van der Waals surface area contributed by atoms with Gasteiger partial charge in [-0.05, 0) is 47.5 Å². The minimum absolute atomic E-state index is 0.941. The van der Waals surface area contributed by atoms with Crippen molar-refractivity contribution in [2.45, 2.75) is 0 Å². The number of hydrogen-bond acceptors (Lipinski definition) is 3. The van der Waals surface area contributed by atoms with Gasteiger partial charge in [0, 0.05) is 33.5 Å². The van der Waals surface area contributed by atoms with Crippen molar-refractivity contribution < 1.29 is 0 Å². The first-order chi connectivity index (χ1) is 17.8. The number of nitrogens with zero attached hydrogens (tertiary/aromatic N) is 3. The topological polar surface area (TPSA) is 38.7 Å². The summed E-state index contributed by atoms with van der Waals surface area (Å²) in [6.07, 6.45) is 1.82. The third kappa shape index (κ3) is 3.58. The number of benzene rings is 4. The fourth-order valence-corrected chi connectivity index (χ4v) is 4.84. The van der Waals surface area contributed by atoms with Crippen LogP contribution in [0.3, 0.4) is 0 Å². The average molecular weight is 460 g/mol. The Morgan fingerprint density at radius 3 is 1.94 bits per heavy atom. The molecule has 7 rings (SSSR count). The second-order valence-electron chi connectivity index (χ2n) is 8.95. The molecule has 0 aliphatic rings. The van der Waals surface area contributed by atoms with Crippen LogP contribution >= 0.6 is 0 Å². The van der Waals surface area contributed by atoms with Crippen LogP contribution in [0.4, 0.5) is 0 Å². The van der Waals surface area contributed by atoms with Crippen LogP contribution in [0.25, 0.3) is 66.4 Å². The van der Waals surface area contributed by atoms with Gasteiger partial charge in [0.2, 0.25) is 0 Å². The predicted octanol–water partition coefficient (Wildman–Crippen LogP) is 8.33. The number of fused-ring (bicyclic) bond motifs is 3. The van der Waals surface area contributed by atoms with Gasteiger partial charge in [0.05, 0.1) is 27.9 Å². The Morgan fingerprint density at radius 2 is 1.11 bits per heavy atom. The van der Waals surface area contributed by atoms with E-state index in [0.29, 0.717) is 0 Å². The standard InChI is InChI=1S/C33H21N3/c1-2-6-22(7-3-1)25-13-11-23-15-17-29(35-32(23)20-25)26-14-12-24-16-18-31(36-33(24)21-26)28-8-4-10-30-27(28)9-5-19-34-30/h1-21H. The van der Waals surface area contributed by atoms with Crippen molar-refractivity contribution in [3.63, 3.8) is 0 Å². The second-order valence-corrected chi connectivity index (χ2v) is 8.95. The third-order valence-electron chi connectivity index (χ3n) is 6.71. The maximum absolute atomic E-state index is 5.04. The summed E-state index contributed by atoms with van der Waals surface area (Å²) in [4.78, 5) is 14.6. The summed E-state index contributed by atoms with van der Waals surface area (Å²) in [6.45, 7) is 0. The monoisotopic (exact) mass is 459 g/mol. The molecule has 7 aromatic rings. The zero-order valence-corrected chi connectivity index (χ0v) is 19.5. The summed E-state index contributed by atoms with van der Waals surface area (Å²) >= 11 is 0. The lowest BCUT2D eigenvalue weighted by Gasteiger charge is -2.09. The van der Waals surface area contributed by atoms with Gasteiger partial charge < -0.3 is 0 Å². The molecule has 0 atom stereocenters. The number of pyridine rings is 3. The lowest BCUT2D eigenvalue weighted by atomic mass is 10.0. The number of aromatic nitrogens is 3. The first-order valence-corrected chi connectivity index (χ1v) is 12.0. The predicted molar refractivity (Wildman–Crippen MR) is 149 cm³/mol. The van der Waals surface area contributed by atoms with Gasteiger partial charge in [-0.15, -0.1) is 0 Å². The van der Waals surface area contributed by atoms with E-state index >= 15 is 0 Å². The van der Waals surface area contributed by atoms with E-state index in [-0.39, 0.29) is 0 Å². The smallest absolute Gasteiger partial charge is 0.0716 e. The summed E-state index contributed by atoms with van der Waals surface area (Å²) in [5, 5.41) is 3.34. The highest BCUT2D eigenvalue weighted by molar-refractivity contribution is 5.95. The molecule has 0 aliphatic carbocycles. The maximum atomic E-state index is 5.04. The fourth-order valence-electron chi connectivity index (χ4n) is 4.84. The van der Waals surface area contributed by atoms with Crippen LogP contribution in [-0.2, 0) is 0 Å². The molecule has 3 heterocycles. The molecule has 0 spiro atoms. The van der Waals surface area contributed by atoms with E-state index in [2.05, 4.69) is 102 Å². The van der Waals surface area contributed by atoms with Crippen molar-refractivity contribution in [3.05, 3.63) is 128 Å². The highest BCUT2D eigenvalue weighted by Crippen LogP contribution is 2.30. The molecule has 0 bridgehead atoms. The van der Waals surface area contributed by atoms with E-state index in [1.807, 2.05) is 30.5 Å². The molecular formula is C33H21N3. The van der Waals surface area contributed by atoms with Crippen molar-refractivity contribution in [3.8, 4) is 33.6 Å². The Balaban J connectivity index is 1.32. The zero-order valence-electron chi connectivity index (χ0n) is 19.5. The van der Waals surface area contributed by atoms with Crippen LogP contribution in [0.15, 0.2) is 128 Å². The number of hydrogen-bond donors (Lipinski definition) is 0. The van der Waals surface area contributed by atoms with Crippen LogP contribution in [0.5, 0.6) is 0 Å². The Bertz CT molecular complexity index is 1890. The molecule has 168 valence electrons. The van der Waals surface area contributed by atoms with E-state index in [9.17, 15) is 0 Å². The van der Waals surface area contributed by atoms with Gasteiger partial charge in [-0.25, -0.2) is 9.97 Å². The van der Waals surface area contributed by atoms with Crippen molar-refractivity contribution in [1.29, 1.82) is 0 Å². The lowest BCUT2D eigenvalue weighted by molar-refractivity contribution is 1.37. The van der Waals surface area contributed by atoms with E-state index in [1.54, 1.807) is 0 Å². The molecule has 0 aliphatic heterocycles. The van der Waals surface area contributed by atoms with Crippen LogP contribution in [-0.4, -0.2) is 15.0 Å². The van der Waals surface area contributed by atoms with Gasteiger partial charge in [-0.3, -0.25) is 4.98 Å². The molecule has 0 N–H and O–H groups in total. The molecule has 3 nitrogen and oxygen atoms in total. The van der Waals surface area contributed by atoms with Crippen LogP contribution in [0, 0.1) is 0 Å². The quantitative estimate of drug-likeness (QED) is 0.267. The Kier molecular flexibility index (Phi) is 4.78. The summed E-state index contributed by atoms with van der Waals surface area (Å²) in [5.41, 5.74) is 9.29. The molecule has 0 saturated carbocycles. The van der Waals surface area contributed by atoms with Gasteiger partial charge in [0.25, 0.3) is 0 Å². The van der Waals surface area contributed by atoms with E-state index < -0.39 is 0 Å². The average Bonchev–Trinajstić information content (AvgIpc) is 2.96. The van der Waals surface area contributed by atoms with Gasteiger partial charge in [0.15, 0.2) is 0 Å². The molecule has 36 heavy (non-hydrogen) atoms. The SMILES string of the molecule is c1ccc(-c2ccc3ccc(-c4ccc5ccc(-c6cccc7ncccc67)nc5c4)nc3c2)cc1. The molecule has 3 aromatic heterocycles. The van der Waals surface area contributed by atoms with Crippen LogP contribution < -0.4 is 0 Å². The first kappa shape index (κ1) is 20.5. The van der Waals surface area contributed by atoms with Crippen LogP contribution in [0.2, 0.25) is 0 Å². The fraction of sp³-hybridized carbons (Fsp3) is 0. The third-order valence-corrected chi connectivity index (χ3v) is 6.71. The summed E-state index contributed by atoms with van der Waals surface area (Å²) in [6, 6.07) is 42.0. The Labute approximate surface area is 208 Å². The minimum Gasteiger partial charge on any atom is -0.256 e. The van der Waals surface area contributed by atoms with Gasteiger partial charge in [0.1, 0.15) is 0 Å². The molecule has 0 fully saturated rings. The number of rotatable bonds is 3. The van der Waals surface area contributed by atoms with Crippen LogP contribution in [0.1, 0.15) is 0 Å². The van der Waals surface area contributed by atoms with E-state index in [4.69, 9.17) is 9.97 Å². The maximum Gasteiger partial charge on any atom is 0.0716 e. The molecule has 3 heteroatoms. The van der Waals surface area contributed by atoms with Crippen molar-refractivity contribution in [1.82, 2.24) is 15.0 Å². The largest absolute Gasteiger partial charge is 0.256 e. The summed E-state index contributed by atoms with van der Waals surface area (Å²) in [5.74, 6) is 0. The van der Waals surface area contributed by atoms with Gasteiger partial charge >= 0.3 is 0 Å². The normalized spacial score (nSPS) is 11.3. The molecule has 0 unspecified atom stereocenters. The Morgan fingerprint density at radius 1 is 0.417 bits per heavy atom. The van der Waals surface area contributed by atoms with Crippen molar-refractivity contribution in [2.75, 3.05) is 0 Å². The van der Waals surface area contributed by atoms with E-state index in [1.165, 1.54) is 11.1 Å². The highest BCUT2D eigenvalue weighted by Gasteiger charge is 2.09. The molecule has 0 radical (unpaired) electrons. The van der Waals surface area contributed by atoms with Crippen molar-refractivity contribution >= 4 is 32.7 Å². The second kappa shape index (κ2) is 8.40. The molecule has 4 aromatic carbocycles. The molecular weight excluding hydrogens is 438 g/mol. The molecule has 0 amide bonds. The zero-order chi connectivity index (χ0) is 23.9. The minimum atomic E-state index is 0.941. The highest BCUT2D eigenvalue weighted by atomic mass is 14.7. The van der Waals surface area contributed by atoms with Gasteiger partial charge in [-0.1, -0.05) is 84.9 Å². The summed E-state index contributed by atoms with van der Waals surface area (Å²) < 4.78 is 0. The van der Waals surface area contributed by atoms with Gasteiger partial charge in [-0.2, -0.15) is 0 Å². The van der Waals surface area contributed by atoms with Crippen molar-refractivity contribution in [2.24, 2.45) is 0 Å². The lowest BCUT2D eigenvalue weighted by Crippen LogP contribution is -1.90. The Hall–Kier alpha value is -4.89.